The molecule has 0 aromatic carbocycles. The molecule has 1 aliphatic heterocycles. The van der Waals surface area contributed by atoms with Gasteiger partial charge in [-0.25, -0.2) is 4.98 Å². The topological polar surface area (TPSA) is 74.8 Å². The number of thiazole rings is 1. The zero-order chi connectivity index (χ0) is 19.1. The lowest BCUT2D eigenvalue weighted by atomic mass is 10.3. The molecule has 1 N–H and O–H groups in total. The molecule has 146 valence electrons. The van der Waals surface area contributed by atoms with Gasteiger partial charge in [-0.15, -0.1) is 22.7 Å². The quantitative estimate of drug-likeness (QED) is 0.674. The van der Waals surface area contributed by atoms with Crippen LogP contribution in [0.5, 0.6) is 0 Å². The fourth-order valence-corrected chi connectivity index (χ4v) is 4.54. The zero-order valence-electron chi connectivity index (χ0n) is 15.3. The predicted molar refractivity (Wildman–Crippen MR) is 107 cm³/mol. The third-order valence-corrected chi connectivity index (χ3v) is 6.35. The van der Waals surface area contributed by atoms with Crippen molar-refractivity contribution in [1.82, 2.24) is 20.1 Å². The van der Waals surface area contributed by atoms with Gasteiger partial charge in [-0.3, -0.25) is 14.5 Å². The summed E-state index contributed by atoms with van der Waals surface area (Å²) in [6, 6.07) is 3.99. The van der Waals surface area contributed by atoms with Crippen LogP contribution in [0.4, 0.5) is 0 Å². The summed E-state index contributed by atoms with van der Waals surface area (Å²) >= 11 is 3.06. The average Bonchev–Trinajstić information content (AvgIpc) is 3.36. The molecule has 0 aliphatic carbocycles. The number of methoxy groups -OCH3 is 1. The molecular weight excluding hydrogens is 384 g/mol. The Morgan fingerprint density at radius 1 is 1.30 bits per heavy atom. The van der Waals surface area contributed by atoms with Crippen molar-refractivity contribution in [2.24, 2.45) is 0 Å². The smallest absolute Gasteiger partial charge is 0.265 e. The van der Waals surface area contributed by atoms with Gasteiger partial charge in [-0.2, -0.15) is 0 Å². The maximum atomic E-state index is 12.7. The summed E-state index contributed by atoms with van der Waals surface area (Å²) in [6.07, 6.45) is 2.48. The summed E-state index contributed by atoms with van der Waals surface area (Å²) in [5.41, 5.74) is 0. The number of hydrogen-bond acceptors (Lipinski definition) is 7. The van der Waals surface area contributed by atoms with Gasteiger partial charge in [0.1, 0.15) is 9.88 Å². The summed E-state index contributed by atoms with van der Waals surface area (Å²) in [5, 5.41) is 5.79. The van der Waals surface area contributed by atoms with Crippen LogP contribution in [0.25, 0.3) is 9.88 Å². The summed E-state index contributed by atoms with van der Waals surface area (Å²) in [5.74, 6) is 0.0490. The lowest BCUT2D eigenvalue weighted by molar-refractivity contribution is -0.122. The van der Waals surface area contributed by atoms with Crippen LogP contribution in [0.1, 0.15) is 16.1 Å². The van der Waals surface area contributed by atoms with E-state index in [9.17, 15) is 9.59 Å². The molecule has 7 nitrogen and oxygen atoms in total. The first-order valence-corrected chi connectivity index (χ1v) is 10.6. The van der Waals surface area contributed by atoms with Gasteiger partial charge in [0.2, 0.25) is 5.91 Å². The highest BCUT2D eigenvalue weighted by atomic mass is 32.1. The highest BCUT2D eigenvalue weighted by molar-refractivity contribution is 7.21. The van der Waals surface area contributed by atoms with Crippen LogP contribution in [-0.4, -0.2) is 79.6 Å². The van der Waals surface area contributed by atoms with Crippen LogP contribution in [0, 0.1) is 0 Å². The fourth-order valence-electron chi connectivity index (χ4n) is 2.86. The number of ether oxygens (including phenoxy) is 1. The molecule has 0 radical (unpaired) electrons. The minimum atomic E-state index is 0.0222. The van der Waals surface area contributed by atoms with Crippen molar-refractivity contribution in [2.45, 2.75) is 6.42 Å². The van der Waals surface area contributed by atoms with Gasteiger partial charge in [-0.1, -0.05) is 6.07 Å². The summed E-state index contributed by atoms with van der Waals surface area (Å²) in [4.78, 5) is 34.7. The Kier molecular flexibility index (Phi) is 7.33. The second-order valence-electron chi connectivity index (χ2n) is 6.27. The number of thiophene rings is 1. The van der Waals surface area contributed by atoms with Gasteiger partial charge in [0.15, 0.2) is 0 Å². The fraction of sp³-hybridized carbons (Fsp3) is 0.500. The van der Waals surface area contributed by atoms with E-state index in [-0.39, 0.29) is 11.8 Å². The number of carbonyl (C=O) groups excluding carboxylic acids is 2. The van der Waals surface area contributed by atoms with E-state index < -0.39 is 0 Å². The van der Waals surface area contributed by atoms with E-state index in [1.807, 2.05) is 22.4 Å². The van der Waals surface area contributed by atoms with Gasteiger partial charge in [0.05, 0.1) is 17.6 Å². The highest BCUT2D eigenvalue weighted by Gasteiger charge is 2.24. The minimum Gasteiger partial charge on any atom is -0.385 e. The molecule has 0 atom stereocenters. The molecule has 0 unspecified atom stereocenters. The molecule has 0 saturated carbocycles. The normalized spacial score (nSPS) is 15.1. The standard InChI is InChI=1S/C18H24N4O3S2/c1-25-10-3-5-19-16(23)13-21-6-8-22(9-7-21)18(24)15-12-20-17(27-15)14-4-2-11-26-14/h2,4,11-12H,3,5-10,13H2,1H3,(H,19,23). The molecule has 1 fully saturated rings. The highest BCUT2D eigenvalue weighted by Crippen LogP contribution is 2.29. The van der Waals surface area contributed by atoms with Crippen molar-refractivity contribution < 1.29 is 14.3 Å². The van der Waals surface area contributed by atoms with E-state index in [0.717, 1.165) is 16.3 Å². The second kappa shape index (κ2) is 9.93. The molecule has 0 spiro atoms. The number of piperazine rings is 1. The number of aromatic nitrogens is 1. The molecule has 2 amide bonds. The SMILES string of the molecule is COCCCNC(=O)CN1CCN(C(=O)c2cnc(-c3cccs3)s2)CC1. The van der Waals surface area contributed by atoms with E-state index in [0.29, 0.717) is 50.8 Å². The van der Waals surface area contributed by atoms with E-state index >= 15 is 0 Å². The summed E-state index contributed by atoms with van der Waals surface area (Å²) in [7, 11) is 1.65. The Balaban J connectivity index is 1.43. The molecule has 1 saturated heterocycles. The monoisotopic (exact) mass is 408 g/mol. The first-order chi connectivity index (χ1) is 13.2. The Morgan fingerprint density at radius 2 is 2.11 bits per heavy atom. The first-order valence-electron chi connectivity index (χ1n) is 8.94. The Labute approximate surface area is 167 Å². The van der Waals surface area contributed by atoms with Crippen molar-refractivity contribution in [3.63, 3.8) is 0 Å². The van der Waals surface area contributed by atoms with Crippen molar-refractivity contribution in [2.75, 3.05) is 53.0 Å². The Morgan fingerprint density at radius 3 is 2.81 bits per heavy atom. The van der Waals surface area contributed by atoms with Crippen LogP contribution in [0.2, 0.25) is 0 Å². The van der Waals surface area contributed by atoms with E-state index in [2.05, 4.69) is 15.2 Å². The molecular formula is C18H24N4O3S2. The summed E-state index contributed by atoms with van der Waals surface area (Å²) in [6.45, 7) is 4.31. The number of rotatable bonds is 8. The van der Waals surface area contributed by atoms with Gasteiger partial charge >= 0.3 is 0 Å². The van der Waals surface area contributed by atoms with Gasteiger partial charge < -0.3 is 15.0 Å². The maximum absolute atomic E-state index is 12.7. The van der Waals surface area contributed by atoms with Crippen molar-refractivity contribution >= 4 is 34.5 Å². The number of nitrogens with one attached hydrogen (secondary N) is 1. The number of hydrogen-bond donors (Lipinski definition) is 1. The number of nitrogens with zero attached hydrogens (tertiary/aromatic N) is 3. The Bertz CT molecular complexity index is 740. The molecule has 2 aromatic heterocycles. The molecule has 9 heteroatoms. The second-order valence-corrected chi connectivity index (χ2v) is 8.25. The zero-order valence-corrected chi connectivity index (χ0v) is 17.0. The van der Waals surface area contributed by atoms with Crippen LogP contribution in [0.15, 0.2) is 23.7 Å². The average molecular weight is 409 g/mol. The van der Waals surface area contributed by atoms with Crippen LogP contribution >= 0.6 is 22.7 Å². The largest absolute Gasteiger partial charge is 0.385 e. The minimum absolute atomic E-state index is 0.0222. The molecule has 0 bridgehead atoms. The molecule has 27 heavy (non-hydrogen) atoms. The van der Waals surface area contributed by atoms with Crippen LogP contribution < -0.4 is 5.32 Å². The number of amides is 2. The lowest BCUT2D eigenvalue weighted by Crippen LogP contribution is -2.51. The van der Waals surface area contributed by atoms with Crippen LogP contribution in [0.3, 0.4) is 0 Å². The maximum Gasteiger partial charge on any atom is 0.265 e. The van der Waals surface area contributed by atoms with Crippen molar-refractivity contribution in [3.8, 4) is 9.88 Å². The first kappa shape index (κ1) is 19.9. The third kappa shape index (κ3) is 5.58. The molecule has 1 aliphatic rings. The lowest BCUT2D eigenvalue weighted by Gasteiger charge is -2.34. The van der Waals surface area contributed by atoms with Crippen molar-refractivity contribution in [3.05, 3.63) is 28.6 Å². The van der Waals surface area contributed by atoms with Gasteiger partial charge in [0.25, 0.3) is 5.91 Å². The van der Waals surface area contributed by atoms with Crippen LogP contribution in [-0.2, 0) is 9.53 Å². The van der Waals surface area contributed by atoms with E-state index in [1.54, 1.807) is 24.6 Å². The molecule has 2 aromatic rings. The van der Waals surface area contributed by atoms with E-state index in [4.69, 9.17) is 4.74 Å². The Hall–Kier alpha value is -1.81. The number of carbonyl (C=O) groups is 2. The predicted octanol–water partition coefficient (Wildman–Crippen LogP) is 1.78. The van der Waals surface area contributed by atoms with Crippen molar-refractivity contribution in [1.29, 1.82) is 0 Å². The van der Waals surface area contributed by atoms with Gasteiger partial charge in [0, 0.05) is 46.4 Å². The van der Waals surface area contributed by atoms with E-state index in [1.165, 1.54) is 11.3 Å². The third-order valence-electron chi connectivity index (χ3n) is 4.32. The van der Waals surface area contributed by atoms with Gasteiger partial charge in [-0.05, 0) is 17.9 Å². The molecule has 3 rings (SSSR count). The molecule has 3 heterocycles. The summed E-state index contributed by atoms with van der Waals surface area (Å²) < 4.78 is 4.96.